The lowest BCUT2D eigenvalue weighted by atomic mass is 9.91. The van der Waals surface area contributed by atoms with Gasteiger partial charge in [-0.3, -0.25) is 0 Å². The van der Waals surface area contributed by atoms with Gasteiger partial charge in [-0.25, -0.2) is 0 Å². The van der Waals surface area contributed by atoms with Crippen LogP contribution in [0.5, 0.6) is 0 Å². The summed E-state index contributed by atoms with van der Waals surface area (Å²) in [6.07, 6.45) is 6.09. The van der Waals surface area contributed by atoms with Crippen molar-refractivity contribution in [3.8, 4) is 18.4 Å². The minimum absolute atomic E-state index is 0.395. The van der Waals surface area contributed by atoms with Crippen LogP contribution in [0.1, 0.15) is 35.9 Å². The largest absolute Gasteiger partial charge is 0.192 e. The molecule has 1 aromatic rings. The van der Waals surface area contributed by atoms with Gasteiger partial charge in [0.2, 0.25) is 0 Å². The SMILES string of the molecule is C#CCC(c1ccc(C#N)s1)C(C)C. The van der Waals surface area contributed by atoms with Crippen LogP contribution in [-0.4, -0.2) is 0 Å². The molecule has 0 aliphatic heterocycles. The topological polar surface area (TPSA) is 23.8 Å². The van der Waals surface area contributed by atoms with E-state index in [0.717, 1.165) is 11.3 Å². The first kappa shape index (κ1) is 10.8. The molecule has 14 heavy (non-hydrogen) atoms. The first-order chi connectivity index (χ1) is 6.69. The molecule has 0 aromatic carbocycles. The third-order valence-electron chi connectivity index (χ3n) is 2.24. The molecule has 0 amide bonds. The zero-order valence-electron chi connectivity index (χ0n) is 8.45. The van der Waals surface area contributed by atoms with E-state index in [4.69, 9.17) is 11.7 Å². The van der Waals surface area contributed by atoms with Gasteiger partial charge in [0.1, 0.15) is 10.9 Å². The summed E-state index contributed by atoms with van der Waals surface area (Å²) in [5.41, 5.74) is 0. The molecule has 1 rings (SSSR count). The maximum atomic E-state index is 8.72. The van der Waals surface area contributed by atoms with E-state index in [1.54, 1.807) is 11.3 Å². The van der Waals surface area contributed by atoms with Crippen molar-refractivity contribution in [1.82, 2.24) is 0 Å². The lowest BCUT2D eigenvalue weighted by Gasteiger charge is -2.16. The highest BCUT2D eigenvalue weighted by molar-refractivity contribution is 7.12. The molecule has 72 valence electrons. The molecule has 1 atom stereocenters. The number of nitriles is 1. The smallest absolute Gasteiger partial charge is 0.110 e. The fourth-order valence-electron chi connectivity index (χ4n) is 1.40. The van der Waals surface area contributed by atoms with Gasteiger partial charge in [-0.2, -0.15) is 5.26 Å². The van der Waals surface area contributed by atoms with E-state index in [9.17, 15) is 0 Å². The molecule has 1 unspecified atom stereocenters. The van der Waals surface area contributed by atoms with E-state index in [2.05, 4.69) is 25.8 Å². The average molecular weight is 203 g/mol. The predicted octanol–water partition coefficient (Wildman–Crippen LogP) is 3.38. The van der Waals surface area contributed by atoms with E-state index in [1.165, 1.54) is 4.88 Å². The fraction of sp³-hybridized carbons (Fsp3) is 0.417. The molecule has 0 fully saturated rings. The van der Waals surface area contributed by atoms with E-state index in [-0.39, 0.29) is 0 Å². The summed E-state index contributed by atoms with van der Waals surface area (Å²) >= 11 is 1.55. The average Bonchev–Trinajstić information content (AvgIpc) is 2.61. The van der Waals surface area contributed by atoms with Crippen molar-refractivity contribution in [1.29, 1.82) is 5.26 Å². The third-order valence-corrected chi connectivity index (χ3v) is 3.37. The van der Waals surface area contributed by atoms with Gasteiger partial charge in [0.15, 0.2) is 0 Å². The Morgan fingerprint density at radius 3 is 2.64 bits per heavy atom. The van der Waals surface area contributed by atoms with Crippen LogP contribution in [-0.2, 0) is 0 Å². The lowest BCUT2D eigenvalue weighted by molar-refractivity contribution is 0.515. The number of thiophene rings is 1. The Kier molecular flexibility index (Phi) is 3.74. The molecule has 0 saturated carbocycles. The highest BCUT2D eigenvalue weighted by atomic mass is 32.1. The quantitative estimate of drug-likeness (QED) is 0.691. The number of rotatable bonds is 3. The van der Waals surface area contributed by atoms with Gasteiger partial charge in [-0.1, -0.05) is 13.8 Å². The molecule has 0 spiro atoms. The van der Waals surface area contributed by atoms with Gasteiger partial charge in [-0.05, 0) is 18.1 Å². The van der Waals surface area contributed by atoms with Crippen molar-refractivity contribution in [2.24, 2.45) is 5.92 Å². The van der Waals surface area contributed by atoms with Gasteiger partial charge in [0, 0.05) is 17.2 Å². The number of nitrogens with zero attached hydrogens (tertiary/aromatic N) is 1. The molecule has 0 aliphatic carbocycles. The zero-order valence-corrected chi connectivity index (χ0v) is 9.27. The molecule has 0 bridgehead atoms. The molecule has 0 aliphatic rings. The van der Waals surface area contributed by atoms with Crippen LogP contribution in [0, 0.1) is 29.6 Å². The van der Waals surface area contributed by atoms with Crippen LogP contribution < -0.4 is 0 Å². The number of terminal acetylenes is 1. The molecule has 2 heteroatoms. The minimum atomic E-state index is 0.395. The summed E-state index contributed by atoms with van der Waals surface area (Å²) in [7, 11) is 0. The van der Waals surface area contributed by atoms with E-state index in [0.29, 0.717) is 11.8 Å². The first-order valence-electron chi connectivity index (χ1n) is 4.62. The Balaban J connectivity index is 2.90. The minimum Gasteiger partial charge on any atom is -0.192 e. The monoisotopic (exact) mass is 203 g/mol. The predicted molar refractivity (Wildman–Crippen MR) is 60.1 cm³/mol. The van der Waals surface area contributed by atoms with Crippen molar-refractivity contribution < 1.29 is 0 Å². The lowest BCUT2D eigenvalue weighted by Crippen LogP contribution is -2.03. The highest BCUT2D eigenvalue weighted by Gasteiger charge is 2.16. The number of hydrogen-bond donors (Lipinski definition) is 0. The molecular weight excluding hydrogens is 190 g/mol. The Morgan fingerprint density at radius 2 is 2.21 bits per heavy atom. The third kappa shape index (κ3) is 2.37. The van der Waals surface area contributed by atoms with Crippen LogP contribution >= 0.6 is 11.3 Å². The summed E-state index contributed by atoms with van der Waals surface area (Å²) in [5, 5.41) is 8.72. The van der Waals surface area contributed by atoms with Crippen molar-refractivity contribution in [2.45, 2.75) is 26.2 Å². The second-order valence-corrected chi connectivity index (χ2v) is 4.69. The molecule has 0 N–H and O–H groups in total. The van der Waals surface area contributed by atoms with Gasteiger partial charge < -0.3 is 0 Å². The molecular formula is C12H13NS. The van der Waals surface area contributed by atoms with Crippen molar-refractivity contribution >= 4 is 11.3 Å². The first-order valence-corrected chi connectivity index (χ1v) is 5.44. The Bertz CT molecular complexity index is 376. The maximum absolute atomic E-state index is 8.72. The summed E-state index contributed by atoms with van der Waals surface area (Å²) in [5.74, 6) is 3.62. The van der Waals surface area contributed by atoms with Gasteiger partial charge in [-0.15, -0.1) is 23.7 Å². The molecule has 1 heterocycles. The Hall–Kier alpha value is -1.25. The van der Waals surface area contributed by atoms with E-state index >= 15 is 0 Å². The summed E-state index contributed by atoms with van der Waals surface area (Å²) < 4.78 is 0. The van der Waals surface area contributed by atoms with Crippen LogP contribution in [0.15, 0.2) is 12.1 Å². The van der Waals surface area contributed by atoms with Crippen LogP contribution in [0.2, 0.25) is 0 Å². The molecule has 0 radical (unpaired) electrons. The fourth-order valence-corrected chi connectivity index (χ4v) is 2.48. The van der Waals surface area contributed by atoms with Gasteiger partial charge in [0.25, 0.3) is 0 Å². The number of hydrogen-bond acceptors (Lipinski definition) is 2. The van der Waals surface area contributed by atoms with E-state index in [1.807, 2.05) is 12.1 Å². The Morgan fingerprint density at radius 1 is 1.50 bits per heavy atom. The van der Waals surface area contributed by atoms with Gasteiger partial charge >= 0.3 is 0 Å². The second-order valence-electron chi connectivity index (χ2n) is 3.57. The van der Waals surface area contributed by atoms with Gasteiger partial charge in [0.05, 0.1) is 0 Å². The second kappa shape index (κ2) is 4.84. The summed E-state index contributed by atoms with van der Waals surface area (Å²) in [6.45, 7) is 4.32. The van der Waals surface area contributed by atoms with Crippen LogP contribution in [0.3, 0.4) is 0 Å². The van der Waals surface area contributed by atoms with Crippen molar-refractivity contribution in [3.63, 3.8) is 0 Å². The molecule has 1 nitrogen and oxygen atoms in total. The molecule has 0 saturated heterocycles. The van der Waals surface area contributed by atoms with Crippen LogP contribution in [0.25, 0.3) is 0 Å². The normalized spacial score (nSPS) is 12.1. The van der Waals surface area contributed by atoms with E-state index < -0.39 is 0 Å². The van der Waals surface area contributed by atoms with Crippen molar-refractivity contribution in [3.05, 3.63) is 21.9 Å². The Labute approximate surface area is 89.4 Å². The van der Waals surface area contributed by atoms with Crippen LogP contribution in [0.4, 0.5) is 0 Å². The maximum Gasteiger partial charge on any atom is 0.110 e. The molecule has 1 aromatic heterocycles. The summed E-state index contributed by atoms with van der Waals surface area (Å²) in [4.78, 5) is 2.00. The van der Waals surface area contributed by atoms with Crippen molar-refractivity contribution in [2.75, 3.05) is 0 Å². The summed E-state index contributed by atoms with van der Waals surface area (Å²) in [6, 6.07) is 6.04. The standard InChI is InChI=1S/C12H13NS/c1-4-5-11(9(2)3)12-7-6-10(8-13)14-12/h1,6-7,9,11H,5H2,2-3H3. The highest BCUT2D eigenvalue weighted by Crippen LogP contribution is 2.32. The zero-order chi connectivity index (χ0) is 10.6.